The van der Waals surface area contributed by atoms with Gasteiger partial charge in [0.2, 0.25) is 30.4 Å². The summed E-state index contributed by atoms with van der Waals surface area (Å²) in [4.78, 5) is 36.8. The summed E-state index contributed by atoms with van der Waals surface area (Å²) in [6, 6.07) is 122. The van der Waals surface area contributed by atoms with Crippen LogP contribution in [0.2, 0.25) is 0 Å². The molecule has 4 fully saturated rings. The van der Waals surface area contributed by atoms with Gasteiger partial charge in [-0.15, -0.1) is 0 Å². The maximum Gasteiger partial charge on any atom is 0.416 e. The standard InChI is InChI=1S/C31H33O2S.C20H12F3OS.C19H15OS.C19H13OS.C18H13OS/c1-19-11-25(34-28-9-5-3-7-26(28)27-8-4-6-10-29(27)34)12-20(2)30(19)32-18-33-31-23-14-21-13-22(16-23)17-24(31)15-21;21-20(22,23)13-10-11-18-16(12-13)19(24)15-8-4-5-9-17(15)25(18)14-6-2-1-3-7-14;1-14-10-12-15(13-11-14)21-18-8-4-2-6-16(18)20-17-7-3-5-9-19(17)21;20-19-15-10-4-6-12-17(15)21(14-8-2-1-3-9-14)18-13-7-5-11-16(18)19;1-2-8-14(9-3-1)20-17-12-6-4-10-15(17)19-16-11-5-7-13-18(16)20/h3-12,21-24,31H,13-18H2,1-2H3;1-12H;2-13H,1H3;1-13H;1-13H/q5*+1. The molecule has 24 rings (SSSR count). The van der Waals surface area contributed by atoms with Crippen molar-refractivity contribution in [3.63, 3.8) is 0 Å². The Kier molecular flexibility index (Phi) is 22.4. The molecule has 5 heterocycles. The Morgan fingerprint density at radius 1 is 0.322 bits per heavy atom. The largest absolute Gasteiger partial charge is 0.467 e. The first-order valence-corrected chi connectivity index (χ1v) is 47.1. The fourth-order valence-electron chi connectivity index (χ4n) is 18.4. The van der Waals surface area contributed by atoms with Crippen LogP contribution in [-0.4, -0.2) is 12.9 Å². The van der Waals surface area contributed by atoms with Crippen LogP contribution in [0.25, 0.3) is 75.2 Å². The summed E-state index contributed by atoms with van der Waals surface area (Å²) in [7, 11) is -1.04. The molecule has 596 valence electrons. The predicted molar refractivity (Wildman–Crippen MR) is 498 cm³/mol. The first kappa shape index (κ1) is 79.0. The molecule has 4 aliphatic carbocycles. The zero-order chi connectivity index (χ0) is 82.2. The molecule has 1 unspecified atom stereocenters. The first-order chi connectivity index (χ1) is 59.2. The van der Waals surface area contributed by atoms with Crippen molar-refractivity contribution in [3.05, 3.63) is 407 Å². The number of alkyl halides is 3. The Morgan fingerprint density at radius 3 is 1.05 bits per heavy atom. The molecular formula is C107H86F3O6S5+5. The van der Waals surface area contributed by atoms with E-state index in [1.165, 1.54) is 114 Å². The quantitative estimate of drug-likeness (QED) is 0.0815. The van der Waals surface area contributed by atoms with Crippen LogP contribution in [0, 0.1) is 44.4 Å². The van der Waals surface area contributed by atoms with E-state index in [4.69, 9.17) is 18.9 Å². The molecule has 121 heavy (non-hydrogen) atoms. The van der Waals surface area contributed by atoms with Crippen molar-refractivity contribution in [2.75, 3.05) is 6.79 Å². The Labute approximate surface area is 715 Å². The summed E-state index contributed by atoms with van der Waals surface area (Å²) in [6.45, 7) is 6.88. The minimum Gasteiger partial charge on any atom is -0.467 e. The molecule has 0 amide bonds. The van der Waals surface area contributed by atoms with Gasteiger partial charge in [-0.1, -0.05) is 181 Å². The number of halogens is 3. The van der Waals surface area contributed by atoms with Crippen molar-refractivity contribution in [1.29, 1.82) is 0 Å². The van der Waals surface area contributed by atoms with Gasteiger partial charge in [-0.25, -0.2) is 0 Å². The highest BCUT2D eigenvalue weighted by atomic mass is 32.2. The Bertz CT molecular complexity index is 6750. The van der Waals surface area contributed by atoms with Gasteiger partial charge in [0.05, 0.1) is 33.2 Å². The molecule has 2 aliphatic heterocycles. The summed E-state index contributed by atoms with van der Waals surface area (Å²) in [5, 5.41) is 5.04. The Morgan fingerprint density at radius 2 is 0.645 bits per heavy atom. The normalized spacial score (nSPS) is 16.8. The van der Waals surface area contributed by atoms with Crippen molar-refractivity contribution in [2.24, 2.45) is 23.7 Å². The van der Waals surface area contributed by atoms with Crippen molar-refractivity contribution >= 4 is 114 Å². The first-order valence-electron chi connectivity index (χ1n) is 41.0. The third-order valence-electron chi connectivity index (χ3n) is 23.5. The van der Waals surface area contributed by atoms with Gasteiger partial charge in [-0.05, 0) is 264 Å². The van der Waals surface area contributed by atoms with Crippen LogP contribution in [0.15, 0.2) is 403 Å². The lowest BCUT2D eigenvalue weighted by atomic mass is 9.55. The van der Waals surface area contributed by atoms with E-state index >= 15 is 0 Å². The van der Waals surface area contributed by atoms with Crippen LogP contribution in [0.5, 0.6) is 28.7 Å². The van der Waals surface area contributed by atoms with E-state index in [0.29, 0.717) is 23.0 Å². The van der Waals surface area contributed by atoms with E-state index in [2.05, 4.69) is 233 Å². The number of aryl methyl sites for hydroxylation is 3. The molecule has 6 nitrogen and oxygen atoms in total. The lowest BCUT2D eigenvalue weighted by Gasteiger charge is -2.53. The summed E-state index contributed by atoms with van der Waals surface area (Å²) >= 11 is 0. The van der Waals surface area contributed by atoms with Crippen LogP contribution in [0.4, 0.5) is 13.2 Å². The molecule has 4 bridgehead atoms. The molecule has 15 aromatic carbocycles. The van der Waals surface area contributed by atoms with Crippen LogP contribution < -0.4 is 25.1 Å². The topological polar surface area (TPSA) is 71.1 Å². The van der Waals surface area contributed by atoms with Gasteiger partial charge in [0, 0.05) is 54.3 Å². The summed E-state index contributed by atoms with van der Waals surface area (Å²) in [5.41, 5.74) is 2.70. The van der Waals surface area contributed by atoms with Crippen molar-refractivity contribution in [1.82, 2.24) is 0 Å². The van der Waals surface area contributed by atoms with Crippen molar-refractivity contribution in [3.8, 4) is 43.4 Å². The number of hydrogen-bond donors (Lipinski definition) is 0. The highest BCUT2D eigenvalue weighted by Gasteiger charge is 2.49. The molecule has 1 atom stereocenters. The second-order valence-electron chi connectivity index (χ2n) is 31.3. The number of para-hydroxylation sites is 4. The zero-order valence-corrected chi connectivity index (χ0v) is 71.0. The Hall–Kier alpha value is -11.9. The number of fused-ring (bicyclic) bond motifs is 11. The van der Waals surface area contributed by atoms with E-state index < -0.39 is 22.2 Å². The van der Waals surface area contributed by atoms with Gasteiger partial charge in [-0.2, -0.15) is 13.2 Å². The maximum atomic E-state index is 13.1. The molecule has 4 saturated carbocycles. The van der Waals surface area contributed by atoms with Crippen molar-refractivity contribution < 1.29 is 32.1 Å². The van der Waals surface area contributed by atoms with Gasteiger partial charge in [0.15, 0.2) is 82.5 Å². The second-order valence-corrected chi connectivity index (χ2v) is 41.1. The van der Waals surface area contributed by atoms with E-state index in [9.17, 15) is 22.8 Å². The molecule has 18 aromatic rings. The summed E-state index contributed by atoms with van der Waals surface area (Å²) in [5.74, 6) is 8.38. The van der Waals surface area contributed by atoms with Gasteiger partial charge in [0.1, 0.15) is 27.5 Å². The molecular weight excluding hydrogens is 1600 g/mol. The molecule has 0 spiro atoms. The predicted octanol–water partition coefficient (Wildman–Crippen LogP) is 29.8. The maximum absolute atomic E-state index is 13.1. The minimum absolute atomic E-state index is 0.0683. The fourth-order valence-corrected chi connectivity index (χ4v) is 30.1. The van der Waals surface area contributed by atoms with Crippen LogP contribution >= 0.6 is 31.4 Å². The van der Waals surface area contributed by atoms with E-state index in [-0.39, 0.29) is 59.0 Å². The zero-order valence-electron chi connectivity index (χ0n) is 66.9. The fraction of sp³-hybridized carbons (Fsp3) is 0.140. The molecule has 0 N–H and O–H groups in total. The average molecular weight is 1690 g/mol. The molecule has 3 aromatic heterocycles. The molecule has 14 heteroatoms. The van der Waals surface area contributed by atoms with Crippen LogP contribution in [-0.2, 0) is 32.7 Å². The Balaban J connectivity index is 0.000000101. The summed E-state index contributed by atoms with van der Waals surface area (Å²) in [6.07, 6.45) is 2.96. The average Bonchev–Trinajstić information content (AvgIpc) is 1.73. The lowest BCUT2D eigenvalue weighted by molar-refractivity contribution is -0.155. The molecule has 0 radical (unpaired) electrons. The highest BCUT2D eigenvalue weighted by Crippen LogP contribution is 2.56. The van der Waals surface area contributed by atoms with E-state index in [1.807, 2.05) is 121 Å². The number of rotatable bonds is 9. The number of benzene rings is 15. The SMILES string of the molecule is Cc1cc(-[s+]2c3ccccc3c3ccccc32)cc(C)c1OCOC1C2CC3CC(C2)CC1C3.Cc1ccc([S+]2c3ccccc3Oc3ccccc32)cc1.O=c1c2ccccc2[s+](-c2ccccc2)c2ccc(C(F)(F)F)cc12.O=c1c2ccccc2[s+](-c2ccccc2)c2ccccc12.c1ccc([S+]2c3ccccc3Oc3ccccc32)cc1. The molecule has 6 aliphatic rings. The van der Waals surface area contributed by atoms with Gasteiger partial charge in [-0.3, -0.25) is 9.59 Å². The molecule has 0 saturated heterocycles. The van der Waals surface area contributed by atoms with Crippen LogP contribution in [0.3, 0.4) is 0 Å². The van der Waals surface area contributed by atoms with Gasteiger partial charge >= 0.3 is 6.18 Å². The van der Waals surface area contributed by atoms with E-state index in [0.717, 1.165) is 94.3 Å². The van der Waals surface area contributed by atoms with Crippen molar-refractivity contribution in [2.45, 2.75) is 94.5 Å². The third kappa shape index (κ3) is 15.8. The third-order valence-corrected chi connectivity index (χ3v) is 35.1. The highest BCUT2D eigenvalue weighted by molar-refractivity contribution is 7.97. The number of hydrogen-bond acceptors (Lipinski definition) is 6. The monoisotopic (exact) mass is 1680 g/mol. The van der Waals surface area contributed by atoms with Gasteiger partial charge < -0.3 is 18.9 Å². The summed E-state index contributed by atoms with van der Waals surface area (Å²) < 4.78 is 70.7. The number of ether oxygens (including phenoxy) is 4. The lowest BCUT2D eigenvalue weighted by Crippen LogP contribution is -2.49. The van der Waals surface area contributed by atoms with Gasteiger partial charge in [0.25, 0.3) is 0 Å². The van der Waals surface area contributed by atoms with E-state index in [1.54, 1.807) is 12.1 Å². The smallest absolute Gasteiger partial charge is 0.416 e. The number of thiophene rings is 1. The van der Waals surface area contributed by atoms with Crippen LogP contribution in [0.1, 0.15) is 54.4 Å². The minimum atomic E-state index is -4.47. The second kappa shape index (κ2) is 34.3.